The third kappa shape index (κ3) is 1.67. The Morgan fingerprint density at radius 2 is 1.65 bits per heavy atom. The molecule has 2 heterocycles. The maximum Gasteiger partial charge on any atom is 0.161 e. The first kappa shape index (κ1) is 11.7. The lowest BCUT2D eigenvalue weighted by Crippen LogP contribution is -1.90. The van der Waals surface area contributed by atoms with Gasteiger partial charge in [0, 0.05) is 16.4 Å². The van der Waals surface area contributed by atoms with Gasteiger partial charge >= 0.3 is 0 Å². The summed E-state index contributed by atoms with van der Waals surface area (Å²) in [5.41, 5.74) is 3.88. The van der Waals surface area contributed by atoms with Gasteiger partial charge in [-0.05, 0) is 29.7 Å². The highest BCUT2D eigenvalue weighted by Crippen LogP contribution is 2.25. The van der Waals surface area contributed by atoms with E-state index in [2.05, 4.69) is 33.2 Å². The van der Waals surface area contributed by atoms with Gasteiger partial charge in [-0.25, -0.2) is 4.98 Å². The molecule has 0 unspecified atom stereocenters. The number of hydrogen-bond acceptors (Lipinski definition) is 3. The summed E-state index contributed by atoms with van der Waals surface area (Å²) in [7, 11) is 0. The zero-order valence-electron chi connectivity index (χ0n) is 10.3. The fourth-order valence-corrected chi connectivity index (χ4v) is 2.75. The first-order valence-electron chi connectivity index (χ1n) is 6.17. The maximum atomic E-state index is 5.18. The van der Waals surface area contributed by atoms with Crippen LogP contribution in [0.5, 0.6) is 0 Å². The fourth-order valence-electron chi connectivity index (χ4n) is 2.45. The van der Waals surface area contributed by atoms with Crippen molar-refractivity contribution in [2.45, 2.75) is 0 Å². The van der Waals surface area contributed by atoms with E-state index in [4.69, 9.17) is 24.4 Å². The molecule has 96 valence electrons. The van der Waals surface area contributed by atoms with Crippen LogP contribution in [0.2, 0.25) is 0 Å². The molecule has 2 aromatic heterocycles. The molecule has 2 aromatic carbocycles. The van der Waals surface area contributed by atoms with E-state index >= 15 is 0 Å². The first-order chi connectivity index (χ1) is 9.72. The van der Waals surface area contributed by atoms with Crippen molar-refractivity contribution >= 4 is 57.3 Å². The highest BCUT2D eigenvalue weighted by atomic mass is 32.1. The summed E-state index contributed by atoms with van der Waals surface area (Å²) < 4.78 is 0.949. The van der Waals surface area contributed by atoms with Crippen LogP contribution in [0.4, 0.5) is 0 Å². The van der Waals surface area contributed by atoms with Gasteiger partial charge in [0.2, 0.25) is 0 Å². The second kappa shape index (κ2) is 4.19. The quantitative estimate of drug-likeness (QED) is 0.282. The average molecular weight is 295 g/mol. The van der Waals surface area contributed by atoms with Crippen LogP contribution in [0.25, 0.3) is 32.8 Å². The van der Waals surface area contributed by atoms with E-state index in [-0.39, 0.29) is 0 Å². The van der Waals surface area contributed by atoms with Crippen LogP contribution in [0.3, 0.4) is 0 Å². The molecule has 0 aliphatic carbocycles. The minimum atomic E-state index is 0.438. The van der Waals surface area contributed by atoms with E-state index in [0.29, 0.717) is 9.28 Å². The molecule has 20 heavy (non-hydrogen) atoms. The minimum Gasteiger partial charge on any atom is -0.354 e. The van der Waals surface area contributed by atoms with Crippen LogP contribution in [-0.4, -0.2) is 15.0 Å². The van der Waals surface area contributed by atoms with Gasteiger partial charge in [0.15, 0.2) is 4.64 Å². The second-order valence-electron chi connectivity index (χ2n) is 4.65. The summed E-state index contributed by atoms with van der Waals surface area (Å²) in [5.74, 6) is 0. The molecule has 2 N–H and O–H groups in total. The van der Waals surface area contributed by atoms with Gasteiger partial charge in [0.1, 0.15) is 4.64 Å². The van der Waals surface area contributed by atoms with E-state index in [1.165, 1.54) is 0 Å². The van der Waals surface area contributed by atoms with E-state index in [9.17, 15) is 0 Å². The van der Waals surface area contributed by atoms with Crippen molar-refractivity contribution in [3.8, 4) is 0 Å². The molecule has 0 aliphatic rings. The monoisotopic (exact) mass is 295 g/mol. The SMILES string of the molecule is S=c1nc2c(ccc3[nH]c4ccccc4cc32)[nH]c1=S. The summed E-state index contributed by atoms with van der Waals surface area (Å²) in [6.07, 6.45) is 0. The fraction of sp³-hybridized carbons (Fsp3) is 0. The second-order valence-corrected chi connectivity index (χ2v) is 5.45. The molecule has 0 spiro atoms. The van der Waals surface area contributed by atoms with E-state index < -0.39 is 0 Å². The molecule has 0 saturated heterocycles. The highest BCUT2D eigenvalue weighted by molar-refractivity contribution is 7.73. The smallest absolute Gasteiger partial charge is 0.161 e. The van der Waals surface area contributed by atoms with Crippen molar-refractivity contribution in [1.29, 1.82) is 0 Å². The summed E-state index contributed by atoms with van der Waals surface area (Å²) in [4.78, 5) is 11.0. The summed E-state index contributed by atoms with van der Waals surface area (Å²) in [6.45, 7) is 0. The van der Waals surface area contributed by atoms with E-state index in [1.807, 2.05) is 24.3 Å². The molecule has 3 nitrogen and oxygen atoms in total. The van der Waals surface area contributed by atoms with Crippen molar-refractivity contribution in [2.24, 2.45) is 0 Å². The Labute approximate surface area is 124 Å². The van der Waals surface area contributed by atoms with E-state index in [0.717, 1.165) is 32.8 Å². The van der Waals surface area contributed by atoms with Crippen LogP contribution < -0.4 is 0 Å². The molecule has 5 heteroatoms. The molecule has 0 atom stereocenters. The lowest BCUT2D eigenvalue weighted by atomic mass is 10.1. The topological polar surface area (TPSA) is 44.5 Å². The molecule has 4 rings (SSSR count). The lowest BCUT2D eigenvalue weighted by Gasteiger charge is -2.06. The predicted octanol–water partition coefficient (Wildman–Crippen LogP) is 4.66. The number of hydrogen-bond donors (Lipinski definition) is 2. The van der Waals surface area contributed by atoms with Gasteiger partial charge in [0.05, 0.1) is 11.0 Å². The number of pyridine rings is 1. The molecule has 0 saturated carbocycles. The third-order valence-electron chi connectivity index (χ3n) is 3.40. The number of nitrogens with one attached hydrogen (secondary N) is 2. The molecule has 0 aliphatic heterocycles. The molecule has 0 amide bonds. The first-order valence-corrected chi connectivity index (χ1v) is 6.99. The van der Waals surface area contributed by atoms with E-state index in [1.54, 1.807) is 0 Å². The van der Waals surface area contributed by atoms with Crippen molar-refractivity contribution < 1.29 is 0 Å². The molecular formula is C15H9N3S2. The number of aromatic nitrogens is 3. The van der Waals surface area contributed by atoms with Crippen LogP contribution in [0.15, 0.2) is 42.5 Å². The summed E-state index contributed by atoms with van der Waals surface area (Å²) in [5, 5.41) is 2.18. The Bertz CT molecular complexity index is 1090. The zero-order valence-corrected chi connectivity index (χ0v) is 11.9. The van der Waals surface area contributed by atoms with Crippen molar-refractivity contribution in [3.63, 3.8) is 0 Å². The van der Waals surface area contributed by atoms with Gasteiger partial charge in [0.25, 0.3) is 0 Å². The summed E-state index contributed by atoms with van der Waals surface area (Å²) in [6, 6.07) is 14.3. The predicted molar refractivity (Wildman–Crippen MR) is 87.1 cm³/mol. The highest BCUT2D eigenvalue weighted by Gasteiger charge is 2.05. The Hall–Kier alpha value is -2.11. The Balaban J connectivity index is 2.28. The maximum absolute atomic E-state index is 5.18. The number of aromatic amines is 2. The summed E-state index contributed by atoms with van der Waals surface area (Å²) >= 11 is 10.3. The molecule has 0 bridgehead atoms. The molecule has 4 aromatic rings. The van der Waals surface area contributed by atoms with Gasteiger partial charge in [-0.1, -0.05) is 42.6 Å². The van der Waals surface area contributed by atoms with Gasteiger partial charge in [-0.2, -0.15) is 0 Å². The van der Waals surface area contributed by atoms with Crippen LogP contribution in [0, 0.1) is 9.28 Å². The average Bonchev–Trinajstić information content (AvgIpc) is 2.47. The van der Waals surface area contributed by atoms with Crippen LogP contribution in [-0.2, 0) is 0 Å². The lowest BCUT2D eigenvalue weighted by molar-refractivity contribution is 1.25. The number of nitrogens with zero attached hydrogens (tertiary/aromatic N) is 1. The largest absolute Gasteiger partial charge is 0.354 e. The van der Waals surface area contributed by atoms with Crippen molar-refractivity contribution in [3.05, 3.63) is 51.7 Å². The minimum absolute atomic E-state index is 0.438. The number of fused-ring (bicyclic) bond motifs is 4. The third-order valence-corrected chi connectivity index (χ3v) is 4.12. The standard InChI is InChI=1S/C15H9N3S2/c19-14-15(20)18-13-9-7-8-3-1-2-4-10(8)16-11(9)5-6-12(13)17-14/h1-7,16H,(H,17,19). The normalized spacial score (nSPS) is 11.4. The van der Waals surface area contributed by atoms with Gasteiger partial charge < -0.3 is 9.97 Å². The molecule has 0 fully saturated rings. The van der Waals surface area contributed by atoms with Crippen LogP contribution >= 0.6 is 24.4 Å². The van der Waals surface area contributed by atoms with Crippen LogP contribution in [0.1, 0.15) is 0 Å². The number of rotatable bonds is 0. The Kier molecular flexibility index (Phi) is 2.45. The molecular weight excluding hydrogens is 286 g/mol. The van der Waals surface area contributed by atoms with Gasteiger partial charge in [-0.3, -0.25) is 0 Å². The van der Waals surface area contributed by atoms with Crippen molar-refractivity contribution in [2.75, 3.05) is 0 Å². The number of benzene rings is 2. The van der Waals surface area contributed by atoms with Crippen molar-refractivity contribution in [1.82, 2.24) is 15.0 Å². The number of para-hydroxylation sites is 1. The van der Waals surface area contributed by atoms with Gasteiger partial charge in [-0.15, -0.1) is 0 Å². The molecule has 0 radical (unpaired) electrons. The Morgan fingerprint density at radius 1 is 0.850 bits per heavy atom. The number of H-pyrrole nitrogens is 2. The zero-order chi connectivity index (χ0) is 13.7. The Morgan fingerprint density at radius 3 is 2.55 bits per heavy atom.